The summed E-state index contributed by atoms with van der Waals surface area (Å²) in [5.74, 6) is 1.69. The van der Waals surface area contributed by atoms with E-state index in [-0.39, 0.29) is 0 Å². The van der Waals surface area contributed by atoms with E-state index in [1.165, 1.54) is 16.6 Å². The fourth-order valence-electron chi connectivity index (χ4n) is 2.77. The number of benzene rings is 2. The molecule has 108 valence electrons. The van der Waals surface area contributed by atoms with E-state index in [4.69, 9.17) is 16.6 Å². The van der Waals surface area contributed by atoms with Gasteiger partial charge in [-0.25, -0.2) is 4.98 Å². The van der Waals surface area contributed by atoms with E-state index in [0.29, 0.717) is 5.88 Å². The van der Waals surface area contributed by atoms with E-state index >= 15 is 0 Å². The second kappa shape index (κ2) is 6.31. The molecule has 1 aromatic heterocycles. The van der Waals surface area contributed by atoms with Gasteiger partial charge in [-0.3, -0.25) is 0 Å². The Balaban J connectivity index is 1.92. The first kappa shape index (κ1) is 14.2. The lowest BCUT2D eigenvalue weighted by molar-refractivity contribution is 0.673. The maximum atomic E-state index is 5.92. The average Bonchev–Trinajstić information content (AvgIpc) is 2.84. The molecule has 3 aromatic rings. The number of imidazole rings is 1. The largest absolute Gasteiger partial charge is 0.328 e. The van der Waals surface area contributed by atoms with E-state index in [9.17, 15) is 0 Å². The SMILES string of the molecule is Cc1ccccc1CCn1c(CCCl)nc2ccccc21. The number of hydrogen-bond donors (Lipinski definition) is 0. The molecule has 0 fully saturated rings. The van der Waals surface area contributed by atoms with Crippen LogP contribution in [0.15, 0.2) is 48.5 Å². The summed E-state index contributed by atoms with van der Waals surface area (Å²) in [5.41, 5.74) is 5.00. The molecule has 0 saturated carbocycles. The van der Waals surface area contributed by atoms with Crippen molar-refractivity contribution in [2.45, 2.75) is 26.3 Å². The van der Waals surface area contributed by atoms with E-state index in [0.717, 1.165) is 30.7 Å². The molecule has 0 aliphatic carbocycles. The summed E-state index contributed by atoms with van der Waals surface area (Å²) < 4.78 is 2.31. The van der Waals surface area contributed by atoms with Gasteiger partial charge in [0.25, 0.3) is 0 Å². The predicted octanol–water partition coefficient (Wildman–Crippen LogP) is 4.37. The van der Waals surface area contributed by atoms with E-state index in [2.05, 4.69) is 54.0 Å². The van der Waals surface area contributed by atoms with Crippen LogP contribution < -0.4 is 0 Å². The van der Waals surface area contributed by atoms with Gasteiger partial charge in [0.1, 0.15) is 5.82 Å². The Hall–Kier alpha value is -1.80. The molecule has 0 aliphatic rings. The maximum Gasteiger partial charge on any atom is 0.111 e. The summed E-state index contributed by atoms with van der Waals surface area (Å²) >= 11 is 5.92. The summed E-state index contributed by atoms with van der Waals surface area (Å²) in [4.78, 5) is 4.72. The van der Waals surface area contributed by atoms with Crippen molar-refractivity contribution in [2.24, 2.45) is 0 Å². The minimum Gasteiger partial charge on any atom is -0.328 e. The predicted molar refractivity (Wildman–Crippen MR) is 89.0 cm³/mol. The quantitative estimate of drug-likeness (QED) is 0.640. The molecule has 3 rings (SSSR count). The Morgan fingerprint density at radius 3 is 2.57 bits per heavy atom. The first-order valence-corrected chi connectivity index (χ1v) is 7.87. The van der Waals surface area contributed by atoms with Crippen LogP contribution in [0.4, 0.5) is 0 Å². The smallest absolute Gasteiger partial charge is 0.111 e. The molecular formula is C18H19ClN2. The molecule has 3 heteroatoms. The van der Waals surface area contributed by atoms with Gasteiger partial charge >= 0.3 is 0 Å². The fraction of sp³-hybridized carbons (Fsp3) is 0.278. The summed E-state index contributed by atoms with van der Waals surface area (Å²) in [6, 6.07) is 16.9. The third kappa shape index (κ3) is 2.96. The zero-order valence-corrected chi connectivity index (χ0v) is 13.0. The van der Waals surface area contributed by atoms with Crippen molar-refractivity contribution in [3.05, 3.63) is 65.5 Å². The van der Waals surface area contributed by atoms with Gasteiger partial charge in [0.05, 0.1) is 11.0 Å². The van der Waals surface area contributed by atoms with Crippen LogP contribution >= 0.6 is 11.6 Å². The number of para-hydroxylation sites is 2. The lowest BCUT2D eigenvalue weighted by Gasteiger charge is -2.10. The minimum atomic E-state index is 0.605. The lowest BCUT2D eigenvalue weighted by atomic mass is 10.1. The highest BCUT2D eigenvalue weighted by molar-refractivity contribution is 6.17. The van der Waals surface area contributed by atoms with Gasteiger partial charge in [0, 0.05) is 18.8 Å². The van der Waals surface area contributed by atoms with Crippen LogP contribution in [0.3, 0.4) is 0 Å². The first-order chi connectivity index (χ1) is 10.3. The van der Waals surface area contributed by atoms with Gasteiger partial charge < -0.3 is 4.57 Å². The molecule has 0 amide bonds. The Labute approximate surface area is 130 Å². The summed E-state index contributed by atoms with van der Waals surface area (Å²) in [6.45, 7) is 3.11. The van der Waals surface area contributed by atoms with E-state index in [1.807, 2.05) is 6.07 Å². The third-order valence-electron chi connectivity index (χ3n) is 3.92. The number of aromatic nitrogens is 2. The molecule has 0 saturated heterocycles. The molecule has 2 aromatic carbocycles. The molecule has 0 bridgehead atoms. The van der Waals surface area contributed by atoms with Crippen molar-refractivity contribution in [2.75, 3.05) is 5.88 Å². The van der Waals surface area contributed by atoms with Crippen molar-refractivity contribution in [1.29, 1.82) is 0 Å². The third-order valence-corrected chi connectivity index (χ3v) is 4.11. The Kier molecular flexibility index (Phi) is 4.26. The lowest BCUT2D eigenvalue weighted by Crippen LogP contribution is -2.07. The van der Waals surface area contributed by atoms with Crippen LogP contribution in [-0.2, 0) is 19.4 Å². The van der Waals surface area contributed by atoms with Crippen molar-refractivity contribution >= 4 is 22.6 Å². The molecule has 0 N–H and O–H groups in total. The Morgan fingerprint density at radius 2 is 1.76 bits per heavy atom. The average molecular weight is 299 g/mol. The van der Waals surface area contributed by atoms with Gasteiger partial charge in [-0.05, 0) is 36.6 Å². The van der Waals surface area contributed by atoms with Crippen LogP contribution in [0.2, 0.25) is 0 Å². The monoisotopic (exact) mass is 298 g/mol. The Morgan fingerprint density at radius 1 is 1.00 bits per heavy atom. The molecule has 0 aliphatic heterocycles. The molecule has 0 radical (unpaired) electrons. The summed E-state index contributed by atoms with van der Waals surface area (Å²) in [7, 11) is 0. The number of hydrogen-bond acceptors (Lipinski definition) is 1. The molecule has 0 atom stereocenters. The Bertz CT molecular complexity index is 746. The molecule has 21 heavy (non-hydrogen) atoms. The van der Waals surface area contributed by atoms with Crippen LogP contribution in [0.1, 0.15) is 17.0 Å². The molecular weight excluding hydrogens is 280 g/mol. The van der Waals surface area contributed by atoms with Crippen LogP contribution in [0.25, 0.3) is 11.0 Å². The van der Waals surface area contributed by atoms with Crippen LogP contribution in [-0.4, -0.2) is 15.4 Å². The highest BCUT2D eigenvalue weighted by atomic mass is 35.5. The highest BCUT2D eigenvalue weighted by Gasteiger charge is 2.10. The van der Waals surface area contributed by atoms with Gasteiger partial charge in [0.2, 0.25) is 0 Å². The fourth-order valence-corrected chi connectivity index (χ4v) is 2.94. The number of fused-ring (bicyclic) bond motifs is 1. The van der Waals surface area contributed by atoms with E-state index < -0.39 is 0 Å². The second-order valence-electron chi connectivity index (χ2n) is 5.28. The standard InChI is InChI=1S/C18H19ClN2/c1-14-6-2-3-7-15(14)11-13-21-17-9-5-4-8-16(17)20-18(21)10-12-19/h2-9H,10-13H2,1H3. The topological polar surface area (TPSA) is 17.8 Å². The highest BCUT2D eigenvalue weighted by Crippen LogP contribution is 2.18. The van der Waals surface area contributed by atoms with Crippen molar-refractivity contribution in [3.8, 4) is 0 Å². The molecule has 2 nitrogen and oxygen atoms in total. The number of rotatable bonds is 5. The normalized spacial score (nSPS) is 11.1. The van der Waals surface area contributed by atoms with Gasteiger partial charge in [-0.2, -0.15) is 0 Å². The van der Waals surface area contributed by atoms with E-state index in [1.54, 1.807) is 0 Å². The van der Waals surface area contributed by atoms with Crippen molar-refractivity contribution < 1.29 is 0 Å². The second-order valence-corrected chi connectivity index (χ2v) is 5.66. The van der Waals surface area contributed by atoms with Gasteiger partial charge in [-0.1, -0.05) is 36.4 Å². The number of aryl methyl sites for hydroxylation is 4. The number of nitrogens with zero attached hydrogens (tertiary/aromatic N) is 2. The summed E-state index contributed by atoms with van der Waals surface area (Å²) in [5, 5.41) is 0. The molecule has 0 spiro atoms. The molecule has 1 heterocycles. The van der Waals surface area contributed by atoms with Gasteiger partial charge in [-0.15, -0.1) is 11.6 Å². The van der Waals surface area contributed by atoms with Crippen LogP contribution in [0, 0.1) is 6.92 Å². The summed E-state index contributed by atoms with van der Waals surface area (Å²) in [6.07, 6.45) is 1.83. The zero-order chi connectivity index (χ0) is 14.7. The van der Waals surface area contributed by atoms with Crippen molar-refractivity contribution in [1.82, 2.24) is 9.55 Å². The van der Waals surface area contributed by atoms with Gasteiger partial charge in [0.15, 0.2) is 0 Å². The van der Waals surface area contributed by atoms with Crippen LogP contribution in [0.5, 0.6) is 0 Å². The van der Waals surface area contributed by atoms with Crippen molar-refractivity contribution in [3.63, 3.8) is 0 Å². The first-order valence-electron chi connectivity index (χ1n) is 7.34. The zero-order valence-electron chi connectivity index (χ0n) is 12.2. The maximum absolute atomic E-state index is 5.92. The number of halogens is 1. The minimum absolute atomic E-state index is 0.605. The number of alkyl halides is 1. The molecule has 0 unspecified atom stereocenters.